The van der Waals surface area contributed by atoms with Gasteiger partial charge in [-0.2, -0.15) is 15.5 Å². The van der Waals surface area contributed by atoms with Crippen LogP contribution in [-0.4, -0.2) is 33.6 Å². The fourth-order valence-corrected chi connectivity index (χ4v) is 3.43. The average molecular weight is 432 g/mol. The van der Waals surface area contributed by atoms with E-state index in [1.54, 1.807) is 13.0 Å². The maximum absolute atomic E-state index is 12.6. The number of para-hydroxylation sites is 1. The van der Waals surface area contributed by atoms with Crippen LogP contribution in [0.5, 0.6) is 0 Å². The molecule has 0 fully saturated rings. The first kappa shape index (κ1) is 22.7. The molecule has 1 N–H and O–H groups in total. The van der Waals surface area contributed by atoms with Gasteiger partial charge >= 0.3 is 0 Å². The lowest BCUT2D eigenvalue weighted by Crippen LogP contribution is -2.33. The van der Waals surface area contributed by atoms with Crippen molar-refractivity contribution in [3.63, 3.8) is 0 Å². The van der Waals surface area contributed by atoms with Gasteiger partial charge in [-0.3, -0.25) is 9.59 Å². The van der Waals surface area contributed by atoms with Crippen molar-refractivity contribution in [1.82, 2.24) is 19.8 Å². The molecule has 0 saturated carbocycles. The molecule has 0 saturated heterocycles. The van der Waals surface area contributed by atoms with E-state index in [0.717, 1.165) is 22.6 Å². The lowest BCUT2D eigenvalue weighted by molar-refractivity contribution is -0.121. The molecule has 0 radical (unpaired) electrons. The standard InChI is InChI=1S/C23H24N6O3/c1-15-10-18(14-32-4)20(11-24)23(31)28(15)13-22(30)26-25-12-21-16(2)27-29(17(21)3)19-8-6-5-7-9-19/h5-10,12H,13-14H2,1-4H3,(H,26,30)/b25-12-. The van der Waals surface area contributed by atoms with Gasteiger partial charge in [-0.15, -0.1) is 0 Å². The Morgan fingerprint density at radius 1 is 1.28 bits per heavy atom. The number of carbonyl (C=O) groups is 1. The highest BCUT2D eigenvalue weighted by Gasteiger charge is 2.15. The number of amides is 1. The van der Waals surface area contributed by atoms with Crippen molar-refractivity contribution in [1.29, 1.82) is 5.26 Å². The normalized spacial score (nSPS) is 11.0. The number of nitrogens with zero attached hydrogens (tertiary/aromatic N) is 5. The third kappa shape index (κ3) is 4.66. The molecule has 1 amide bonds. The number of nitriles is 1. The number of rotatable bonds is 7. The maximum atomic E-state index is 12.6. The van der Waals surface area contributed by atoms with Gasteiger partial charge in [0.2, 0.25) is 0 Å². The number of hydrazone groups is 1. The molecule has 2 aromatic heterocycles. The van der Waals surface area contributed by atoms with Gasteiger partial charge in [0.05, 0.1) is 29.9 Å². The number of carbonyl (C=O) groups excluding carboxylic acids is 1. The quantitative estimate of drug-likeness (QED) is 0.454. The molecule has 32 heavy (non-hydrogen) atoms. The third-order valence-corrected chi connectivity index (χ3v) is 5.03. The van der Waals surface area contributed by atoms with E-state index in [2.05, 4.69) is 15.6 Å². The van der Waals surface area contributed by atoms with Gasteiger partial charge in [0, 0.05) is 23.9 Å². The molecule has 0 bridgehead atoms. The van der Waals surface area contributed by atoms with Gasteiger partial charge in [0.25, 0.3) is 11.5 Å². The van der Waals surface area contributed by atoms with E-state index in [-0.39, 0.29) is 18.7 Å². The second-order valence-corrected chi connectivity index (χ2v) is 7.25. The van der Waals surface area contributed by atoms with Gasteiger partial charge in [-0.25, -0.2) is 10.1 Å². The number of pyridine rings is 1. The van der Waals surface area contributed by atoms with Crippen LogP contribution in [0.15, 0.2) is 46.3 Å². The SMILES string of the molecule is COCc1cc(C)n(CC(=O)N/N=C\c2c(C)nn(-c3ccccc3)c2C)c(=O)c1C#N. The molecule has 0 atom stereocenters. The minimum atomic E-state index is -0.533. The number of aryl methyl sites for hydroxylation is 2. The van der Waals surface area contributed by atoms with E-state index in [0.29, 0.717) is 11.3 Å². The number of ether oxygens (including phenoxy) is 1. The molecule has 0 spiro atoms. The van der Waals surface area contributed by atoms with E-state index in [1.165, 1.54) is 17.9 Å². The Balaban J connectivity index is 1.76. The maximum Gasteiger partial charge on any atom is 0.269 e. The van der Waals surface area contributed by atoms with Crippen LogP contribution in [0.3, 0.4) is 0 Å². The number of benzene rings is 1. The van der Waals surface area contributed by atoms with Crippen LogP contribution in [0.2, 0.25) is 0 Å². The Hall–Kier alpha value is -4.03. The second kappa shape index (κ2) is 9.85. The van der Waals surface area contributed by atoms with Crippen LogP contribution in [0, 0.1) is 32.1 Å². The molecular weight excluding hydrogens is 408 g/mol. The van der Waals surface area contributed by atoms with Gasteiger partial charge in [0.15, 0.2) is 0 Å². The fraction of sp³-hybridized carbons (Fsp3) is 0.261. The number of methoxy groups -OCH3 is 1. The van der Waals surface area contributed by atoms with Crippen molar-refractivity contribution < 1.29 is 9.53 Å². The third-order valence-electron chi connectivity index (χ3n) is 5.03. The second-order valence-electron chi connectivity index (χ2n) is 7.25. The summed E-state index contributed by atoms with van der Waals surface area (Å²) in [5.74, 6) is -0.486. The summed E-state index contributed by atoms with van der Waals surface area (Å²) in [6.45, 7) is 5.37. The molecule has 0 aliphatic rings. The summed E-state index contributed by atoms with van der Waals surface area (Å²) in [6, 6.07) is 13.3. The summed E-state index contributed by atoms with van der Waals surface area (Å²) in [4.78, 5) is 25.0. The monoisotopic (exact) mass is 432 g/mol. The summed E-state index contributed by atoms with van der Waals surface area (Å²) in [5, 5.41) is 17.9. The summed E-state index contributed by atoms with van der Waals surface area (Å²) in [5.41, 5.74) is 6.29. The Bertz CT molecular complexity index is 1270. The van der Waals surface area contributed by atoms with Gasteiger partial charge in [0.1, 0.15) is 18.2 Å². The molecule has 3 rings (SSSR count). The zero-order chi connectivity index (χ0) is 23.3. The summed E-state index contributed by atoms with van der Waals surface area (Å²) in [7, 11) is 1.49. The first-order valence-electron chi connectivity index (χ1n) is 9.93. The molecule has 1 aromatic carbocycles. The predicted octanol–water partition coefficient (Wildman–Crippen LogP) is 2.13. The number of hydrogen-bond acceptors (Lipinski definition) is 6. The lowest BCUT2D eigenvalue weighted by atomic mass is 10.1. The number of hydrogen-bond donors (Lipinski definition) is 1. The first-order valence-corrected chi connectivity index (χ1v) is 9.93. The van der Waals surface area contributed by atoms with Crippen molar-refractivity contribution in [3.05, 3.63) is 80.5 Å². The highest BCUT2D eigenvalue weighted by Crippen LogP contribution is 2.16. The van der Waals surface area contributed by atoms with E-state index >= 15 is 0 Å². The molecule has 0 unspecified atom stereocenters. The van der Waals surface area contributed by atoms with Crippen molar-refractivity contribution >= 4 is 12.1 Å². The van der Waals surface area contributed by atoms with Crippen LogP contribution in [0.1, 0.15) is 33.8 Å². The fourth-order valence-electron chi connectivity index (χ4n) is 3.43. The number of nitrogens with one attached hydrogen (secondary N) is 1. The van der Waals surface area contributed by atoms with E-state index in [4.69, 9.17) is 4.74 Å². The zero-order valence-electron chi connectivity index (χ0n) is 18.4. The number of aromatic nitrogens is 3. The Morgan fingerprint density at radius 3 is 2.66 bits per heavy atom. The van der Waals surface area contributed by atoms with Gasteiger partial charge < -0.3 is 9.30 Å². The molecule has 9 nitrogen and oxygen atoms in total. The van der Waals surface area contributed by atoms with Gasteiger partial charge in [-0.05, 0) is 39.0 Å². The minimum absolute atomic E-state index is 0.0340. The lowest BCUT2D eigenvalue weighted by Gasteiger charge is -2.12. The van der Waals surface area contributed by atoms with Crippen molar-refractivity contribution in [2.75, 3.05) is 7.11 Å². The minimum Gasteiger partial charge on any atom is -0.380 e. The summed E-state index contributed by atoms with van der Waals surface area (Å²) in [6.07, 6.45) is 1.53. The first-order chi connectivity index (χ1) is 15.4. The molecule has 9 heteroatoms. The average Bonchev–Trinajstić information content (AvgIpc) is 3.06. The largest absolute Gasteiger partial charge is 0.380 e. The molecule has 0 aliphatic carbocycles. The van der Waals surface area contributed by atoms with Crippen LogP contribution in [0.25, 0.3) is 5.69 Å². The zero-order valence-corrected chi connectivity index (χ0v) is 18.4. The summed E-state index contributed by atoms with van der Waals surface area (Å²) < 4.78 is 8.10. The highest BCUT2D eigenvalue weighted by atomic mass is 16.5. The molecule has 2 heterocycles. The highest BCUT2D eigenvalue weighted by molar-refractivity contribution is 5.84. The van der Waals surface area contributed by atoms with Crippen molar-refractivity contribution in [2.45, 2.75) is 33.9 Å². The van der Waals surface area contributed by atoms with Crippen molar-refractivity contribution in [2.24, 2.45) is 5.10 Å². The summed E-state index contributed by atoms with van der Waals surface area (Å²) >= 11 is 0. The van der Waals surface area contributed by atoms with E-state index < -0.39 is 11.5 Å². The molecular formula is C23H24N6O3. The van der Waals surface area contributed by atoms with E-state index in [9.17, 15) is 14.9 Å². The Labute approximate surface area is 185 Å². The molecule has 3 aromatic rings. The van der Waals surface area contributed by atoms with Crippen LogP contribution in [0.4, 0.5) is 0 Å². The van der Waals surface area contributed by atoms with Gasteiger partial charge in [-0.1, -0.05) is 18.2 Å². The Morgan fingerprint density at radius 2 is 2.00 bits per heavy atom. The predicted molar refractivity (Wildman–Crippen MR) is 120 cm³/mol. The topological polar surface area (TPSA) is 114 Å². The molecule has 164 valence electrons. The van der Waals surface area contributed by atoms with Crippen LogP contribution >= 0.6 is 0 Å². The van der Waals surface area contributed by atoms with E-state index in [1.807, 2.05) is 54.9 Å². The van der Waals surface area contributed by atoms with Crippen LogP contribution < -0.4 is 11.0 Å². The van der Waals surface area contributed by atoms with Crippen LogP contribution in [-0.2, 0) is 22.7 Å². The van der Waals surface area contributed by atoms with Crippen molar-refractivity contribution in [3.8, 4) is 11.8 Å². The molecule has 0 aliphatic heterocycles. The Kier molecular flexibility index (Phi) is 6.97. The smallest absolute Gasteiger partial charge is 0.269 e.